The summed E-state index contributed by atoms with van der Waals surface area (Å²) >= 11 is 0. The number of nitro groups is 1. The molecule has 0 aliphatic rings. The molecule has 0 aliphatic heterocycles. The highest BCUT2D eigenvalue weighted by atomic mass is 16.6. The van der Waals surface area contributed by atoms with Gasteiger partial charge in [-0.15, -0.1) is 0 Å². The van der Waals surface area contributed by atoms with Crippen molar-refractivity contribution in [3.63, 3.8) is 0 Å². The molecule has 2 aromatic heterocycles. The molecule has 3 rings (SSSR count). The molecular weight excluding hydrogens is 322 g/mol. The maximum atomic E-state index is 11.1. The Hall–Kier alpha value is -3.29. The van der Waals surface area contributed by atoms with Gasteiger partial charge in [0.1, 0.15) is 11.4 Å². The Balaban J connectivity index is 1.99. The zero-order chi connectivity index (χ0) is 17.8. The van der Waals surface area contributed by atoms with E-state index in [1.807, 2.05) is 18.4 Å². The van der Waals surface area contributed by atoms with Crippen molar-refractivity contribution in [1.82, 2.24) is 19.5 Å². The van der Waals surface area contributed by atoms with Crippen molar-refractivity contribution in [2.24, 2.45) is 0 Å². The highest BCUT2D eigenvalue weighted by molar-refractivity contribution is 5.49. The molecule has 1 aromatic carbocycles. The van der Waals surface area contributed by atoms with Gasteiger partial charge in [-0.2, -0.15) is 0 Å². The summed E-state index contributed by atoms with van der Waals surface area (Å²) in [4.78, 5) is 23.3. The Morgan fingerprint density at radius 1 is 1.24 bits per heavy atom. The van der Waals surface area contributed by atoms with Gasteiger partial charge in [0.25, 0.3) is 5.69 Å². The fraction of sp³-hybridized carbons (Fsp3) is 0.235. The quantitative estimate of drug-likeness (QED) is 0.506. The Morgan fingerprint density at radius 3 is 2.76 bits per heavy atom. The van der Waals surface area contributed by atoms with Gasteiger partial charge in [-0.05, 0) is 19.9 Å². The summed E-state index contributed by atoms with van der Waals surface area (Å²) in [6.07, 6.45) is 8.22. The number of rotatable bonds is 6. The minimum Gasteiger partial charge on any atom is -0.491 e. The third-order valence-corrected chi connectivity index (χ3v) is 3.47. The Labute approximate surface area is 144 Å². The summed E-state index contributed by atoms with van der Waals surface area (Å²) in [7, 11) is 0. The van der Waals surface area contributed by atoms with Crippen LogP contribution in [0.15, 0.2) is 49.2 Å². The van der Waals surface area contributed by atoms with E-state index >= 15 is 0 Å². The first-order valence-electron chi connectivity index (χ1n) is 7.76. The summed E-state index contributed by atoms with van der Waals surface area (Å²) < 4.78 is 7.65. The lowest BCUT2D eigenvalue weighted by Gasteiger charge is -2.15. The fourth-order valence-electron chi connectivity index (χ4n) is 2.44. The summed E-state index contributed by atoms with van der Waals surface area (Å²) in [5.74, 6) is 1.24. The van der Waals surface area contributed by atoms with Crippen LogP contribution in [0.4, 0.5) is 5.69 Å². The number of aromatic nitrogens is 4. The summed E-state index contributed by atoms with van der Waals surface area (Å²) in [6, 6.07) is 4.60. The van der Waals surface area contributed by atoms with Crippen LogP contribution < -0.4 is 4.74 Å². The van der Waals surface area contributed by atoms with Crippen LogP contribution in [0.3, 0.4) is 0 Å². The van der Waals surface area contributed by atoms with Crippen LogP contribution in [0.2, 0.25) is 0 Å². The van der Waals surface area contributed by atoms with Crippen LogP contribution in [0.5, 0.6) is 5.75 Å². The number of imidazole rings is 1. The number of benzene rings is 1. The average molecular weight is 339 g/mol. The van der Waals surface area contributed by atoms with E-state index in [4.69, 9.17) is 4.74 Å². The third-order valence-electron chi connectivity index (χ3n) is 3.47. The fourth-order valence-corrected chi connectivity index (χ4v) is 2.44. The van der Waals surface area contributed by atoms with E-state index in [0.717, 1.165) is 0 Å². The van der Waals surface area contributed by atoms with Gasteiger partial charge in [0.15, 0.2) is 5.82 Å². The van der Waals surface area contributed by atoms with Gasteiger partial charge >= 0.3 is 0 Å². The topological polar surface area (TPSA) is 96.0 Å². The van der Waals surface area contributed by atoms with Crippen LogP contribution in [0.25, 0.3) is 11.5 Å². The largest absolute Gasteiger partial charge is 0.491 e. The minimum absolute atomic E-state index is 0.0206. The predicted octanol–water partition coefficient (Wildman–Crippen LogP) is 3.08. The lowest BCUT2D eigenvalue weighted by molar-refractivity contribution is -0.384. The molecule has 0 saturated heterocycles. The molecular formula is C17H17N5O3. The van der Waals surface area contributed by atoms with E-state index < -0.39 is 4.92 Å². The van der Waals surface area contributed by atoms with Gasteiger partial charge in [-0.25, -0.2) is 9.97 Å². The molecule has 0 radical (unpaired) electrons. The first-order chi connectivity index (χ1) is 12.0. The summed E-state index contributed by atoms with van der Waals surface area (Å²) in [6.45, 7) is 4.19. The zero-order valence-electron chi connectivity index (χ0n) is 13.9. The first kappa shape index (κ1) is 16.6. The lowest BCUT2D eigenvalue weighted by Crippen LogP contribution is -2.10. The average Bonchev–Trinajstić information content (AvgIpc) is 3.05. The molecule has 3 aromatic rings. The van der Waals surface area contributed by atoms with Crippen LogP contribution in [0, 0.1) is 10.1 Å². The number of hydrogen-bond acceptors (Lipinski definition) is 6. The molecule has 0 amide bonds. The van der Waals surface area contributed by atoms with Crippen molar-refractivity contribution in [3.05, 3.63) is 64.9 Å². The lowest BCUT2D eigenvalue weighted by atomic mass is 10.1. The highest BCUT2D eigenvalue weighted by Gasteiger charge is 2.15. The van der Waals surface area contributed by atoms with Crippen molar-refractivity contribution >= 4 is 5.69 Å². The number of nitrogens with zero attached hydrogens (tertiary/aromatic N) is 5. The third kappa shape index (κ3) is 3.79. The van der Waals surface area contributed by atoms with Crippen LogP contribution >= 0.6 is 0 Å². The van der Waals surface area contributed by atoms with Crippen molar-refractivity contribution < 1.29 is 9.66 Å². The number of non-ortho nitro benzene ring substituents is 1. The van der Waals surface area contributed by atoms with E-state index in [1.165, 1.54) is 12.1 Å². The molecule has 2 heterocycles. The van der Waals surface area contributed by atoms with Crippen LogP contribution in [-0.2, 0) is 6.54 Å². The maximum absolute atomic E-state index is 11.1. The molecule has 25 heavy (non-hydrogen) atoms. The Morgan fingerprint density at radius 2 is 2.08 bits per heavy atom. The van der Waals surface area contributed by atoms with Crippen molar-refractivity contribution in [2.75, 3.05) is 0 Å². The molecule has 0 saturated carbocycles. The second kappa shape index (κ2) is 7.08. The van der Waals surface area contributed by atoms with Crippen molar-refractivity contribution in [3.8, 4) is 17.3 Å². The SMILES string of the molecule is CC(C)Oc1ccc([N+](=O)[O-])cc1Cn1ccnc1-c1cnccn1. The van der Waals surface area contributed by atoms with E-state index in [1.54, 1.807) is 37.1 Å². The van der Waals surface area contributed by atoms with E-state index in [0.29, 0.717) is 29.4 Å². The van der Waals surface area contributed by atoms with Gasteiger partial charge in [0.05, 0.1) is 23.8 Å². The molecule has 0 unspecified atom stereocenters. The van der Waals surface area contributed by atoms with E-state index in [-0.39, 0.29) is 11.8 Å². The number of nitro benzene ring substituents is 1. The molecule has 8 nitrogen and oxygen atoms in total. The molecule has 0 spiro atoms. The molecule has 0 fully saturated rings. The normalized spacial score (nSPS) is 10.8. The molecule has 0 aliphatic carbocycles. The van der Waals surface area contributed by atoms with Gasteiger partial charge < -0.3 is 9.30 Å². The van der Waals surface area contributed by atoms with E-state index in [9.17, 15) is 10.1 Å². The van der Waals surface area contributed by atoms with Gasteiger partial charge in [-0.1, -0.05) is 0 Å². The number of hydrogen-bond donors (Lipinski definition) is 0. The van der Waals surface area contributed by atoms with Gasteiger partial charge in [0.2, 0.25) is 0 Å². The van der Waals surface area contributed by atoms with E-state index in [2.05, 4.69) is 15.0 Å². The summed E-state index contributed by atoms with van der Waals surface area (Å²) in [5.41, 5.74) is 1.35. The smallest absolute Gasteiger partial charge is 0.270 e. The molecule has 0 atom stereocenters. The minimum atomic E-state index is -0.417. The second-order valence-corrected chi connectivity index (χ2v) is 5.69. The first-order valence-corrected chi connectivity index (χ1v) is 7.76. The molecule has 128 valence electrons. The molecule has 0 bridgehead atoms. The maximum Gasteiger partial charge on any atom is 0.270 e. The van der Waals surface area contributed by atoms with Crippen LogP contribution in [-0.4, -0.2) is 30.5 Å². The summed E-state index contributed by atoms with van der Waals surface area (Å²) in [5, 5.41) is 11.1. The van der Waals surface area contributed by atoms with Gasteiger partial charge in [-0.3, -0.25) is 15.1 Å². The van der Waals surface area contributed by atoms with Crippen molar-refractivity contribution in [1.29, 1.82) is 0 Å². The molecule has 8 heteroatoms. The second-order valence-electron chi connectivity index (χ2n) is 5.69. The van der Waals surface area contributed by atoms with Crippen molar-refractivity contribution in [2.45, 2.75) is 26.5 Å². The Bertz CT molecular complexity index is 877. The highest BCUT2D eigenvalue weighted by Crippen LogP contribution is 2.27. The monoisotopic (exact) mass is 339 g/mol. The van der Waals surface area contributed by atoms with Gasteiger partial charge in [0, 0.05) is 42.5 Å². The standard InChI is InChI=1S/C17H17N5O3/c1-12(2)25-16-4-3-14(22(23)24)9-13(16)11-21-8-7-20-17(21)15-10-18-5-6-19-15/h3-10,12H,11H2,1-2H3. The van der Waals surface area contributed by atoms with Crippen LogP contribution in [0.1, 0.15) is 19.4 Å². The molecule has 0 N–H and O–H groups in total. The zero-order valence-corrected chi connectivity index (χ0v) is 13.9. The predicted molar refractivity (Wildman–Crippen MR) is 91.2 cm³/mol. The Kier molecular flexibility index (Phi) is 4.69. The number of ether oxygens (including phenoxy) is 1.